The largest absolute Gasteiger partial charge is 0.378 e. The van der Waals surface area contributed by atoms with Gasteiger partial charge in [0.1, 0.15) is 5.82 Å². The summed E-state index contributed by atoms with van der Waals surface area (Å²) in [6.07, 6.45) is 2.21. The summed E-state index contributed by atoms with van der Waals surface area (Å²) < 4.78 is 13.6. The van der Waals surface area contributed by atoms with Crippen LogP contribution in [0, 0.1) is 0 Å². The minimum absolute atomic E-state index is 0.145. The first-order valence-corrected chi connectivity index (χ1v) is 9.17. The molecule has 2 saturated heterocycles. The van der Waals surface area contributed by atoms with Gasteiger partial charge in [-0.3, -0.25) is 0 Å². The van der Waals surface area contributed by atoms with Crippen molar-refractivity contribution in [1.29, 1.82) is 0 Å². The second-order valence-electron chi connectivity index (χ2n) is 6.99. The Morgan fingerprint density at radius 3 is 2.36 bits per heavy atom. The molecule has 2 aliphatic heterocycles. The standard InChI is InChI=1S/C19H26N4O2/c1-22-9-7-17(8-10-22)23-19(16-13-24-11-12-25-14-16)20-18(21-23)15-5-3-2-4-6-15/h2-6,16-17H,7-14H2,1H3. The SMILES string of the molecule is CN1CCC(n2nc(-c3ccccc3)nc2C2COCCOC2)CC1. The summed E-state index contributed by atoms with van der Waals surface area (Å²) in [6.45, 7) is 4.82. The third-order valence-electron chi connectivity index (χ3n) is 5.10. The van der Waals surface area contributed by atoms with E-state index >= 15 is 0 Å². The van der Waals surface area contributed by atoms with Gasteiger partial charge >= 0.3 is 0 Å². The highest BCUT2D eigenvalue weighted by molar-refractivity contribution is 5.54. The van der Waals surface area contributed by atoms with Crippen LogP contribution in [0.5, 0.6) is 0 Å². The zero-order valence-corrected chi connectivity index (χ0v) is 14.8. The van der Waals surface area contributed by atoms with Crippen LogP contribution in [0.1, 0.15) is 30.6 Å². The maximum atomic E-state index is 5.72. The molecule has 1 aromatic carbocycles. The summed E-state index contributed by atoms with van der Waals surface area (Å²) >= 11 is 0. The Hall–Kier alpha value is -1.76. The van der Waals surface area contributed by atoms with Crippen molar-refractivity contribution < 1.29 is 9.47 Å². The van der Waals surface area contributed by atoms with Crippen molar-refractivity contribution in [3.05, 3.63) is 36.2 Å². The molecule has 0 bridgehead atoms. The molecule has 3 heterocycles. The molecule has 6 nitrogen and oxygen atoms in total. The lowest BCUT2D eigenvalue weighted by atomic mass is 10.0. The normalized spacial score (nSPS) is 21.3. The van der Waals surface area contributed by atoms with Gasteiger partial charge in [-0.25, -0.2) is 9.67 Å². The predicted octanol–water partition coefficient (Wildman–Crippen LogP) is 2.34. The van der Waals surface area contributed by atoms with Crippen molar-refractivity contribution in [3.63, 3.8) is 0 Å². The summed E-state index contributed by atoms with van der Waals surface area (Å²) in [6, 6.07) is 10.6. The molecule has 2 aliphatic rings. The van der Waals surface area contributed by atoms with E-state index in [1.165, 1.54) is 0 Å². The van der Waals surface area contributed by atoms with Crippen molar-refractivity contribution in [2.75, 3.05) is 46.6 Å². The monoisotopic (exact) mass is 342 g/mol. The molecular formula is C19H26N4O2. The number of rotatable bonds is 3. The van der Waals surface area contributed by atoms with E-state index < -0.39 is 0 Å². The first-order chi connectivity index (χ1) is 12.3. The van der Waals surface area contributed by atoms with Crippen LogP contribution in [0.15, 0.2) is 30.3 Å². The number of benzene rings is 1. The van der Waals surface area contributed by atoms with E-state index in [4.69, 9.17) is 19.6 Å². The number of nitrogens with zero attached hydrogens (tertiary/aromatic N) is 4. The quantitative estimate of drug-likeness (QED) is 0.857. The van der Waals surface area contributed by atoms with E-state index in [0.717, 1.165) is 43.1 Å². The topological polar surface area (TPSA) is 52.4 Å². The highest BCUT2D eigenvalue weighted by atomic mass is 16.5. The van der Waals surface area contributed by atoms with E-state index in [1.54, 1.807) is 0 Å². The van der Waals surface area contributed by atoms with Gasteiger partial charge in [0.2, 0.25) is 0 Å². The molecular weight excluding hydrogens is 316 g/mol. The Bertz CT molecular complexity index is 672. The summed E-state index contributed by atoms with van der Waals surface area (Å²) in [7, 11) is 2.18. The van der Waals surface area contributed by atoms with Gasteiger partial charge in [-0.05, 0) is 33.0 Å². The summed E-state index contributed by atoms with van der Waals surface area (Å²) in [5.74, 6) is 1.96. The second kappa shape index (κ2) is 7.64. The Labute approximate surface area is 148 Å². The van der Waals surface area contributed by atoms with E-state index in [-0.39, 0.29) is 5.92 Å². The highest BCUT2D eigenvalue weighted by Crippen LogP contribution is 2.29. The van der Waals surface area contributed by atoms with E-state index in [1.807, 2.05) is 18.2 Å². The van der Waals surface area contributed by atoms with E-state index in [0.29, 0.717) is 32.5 Å². The van der Waals surface area contributed by atoms with Crippen LogP contribution in [-0.4, -0.2) is 66.2 Å². The third-order valence-corrected chi connectivity index (χ3v) is 5.10. The van der Waals surface area contributed by atoms with Gasteiger partial charge in [-0.2, -0.15) is 5.10 Å². The Morgan fingerprint density at radius 1 is 1.00 bits per heavy atom. The lowest BCUT2D eigenvalue weighted by Crippen LogP contribution is -2.33. The molecule has 1 aromatic heterocycles. The van der Waals surface area contributed by atoms with Gasteiger partial charge in [-0.1, -0.05) is 30.3 Å². The van der Waals surface area contributed by atoms with Crippen molar-refractivity contribution in [2.24, 2.45) is 0 Å². The van der Waals surface area contributed by atoms with Crippen molar-refractivity contribution in [2.45, 2.75) is 24.8 Å². The van der Waals surface area contributed by atoms with Crippen LogP contribution in [0.2, 0.25) is 0 Å². The van der Waals surface area contributed by atoms with Gasteiger partial charge < -0.3 is 14.4 Å². The van der Waals surface area contributed by atoms with E-state index in [9.17, 15) is 0 Å². The zero-order valence-electron chi connectivity index (χ0n) is 14.8. The van der Waals surface area contributed by atoms with Gasteiger partial charge in [0.15, 0.2) is 5.82 Å². The van der Waals surface area contributed by atoms with Crippen LogP contribution in [-0.2, 0) is 9.47 Å². The van der Waals surface area contributed by atoms with Crippen molar-refractivity contribution in [1.82, 2.24) is 19.7 Å². The molecule has 0 unspecified atom stereocenters. The molecule has 2 fully saturated rings. The molecule has 25 heavy (non-hydrogen) atoms. The first kappa shape index (κ1) is 16.7. The minimum atomic E-state index is 0.145. The number of likely N-dealkylation sites (tertiary alicyclic amines) is 1. The van der Waals surface area contributed by atoms with Gasteiger partial charge in [0.25, 0.3) is 0 Å². The molecule has 0 N–H and O–H groups in total. The maximum absolute atomic E-state index is 5.72. The van der Waals surface area contributed by atoms with Crippen molar-refractivity contribution >= 4 is 0 Å². The Kier molecular flexibility index (Phi) is 5.10. The highest BCUT2D eigenvalue weighted by Gasteiger charge is 2.28. The number of hydrogen-bond acceptors (Lipinski definition) is 5. The summed E-state index contributed by atoms with van der Waals surface area (Å²) in [5, 5.41) is 4.91. The van der Waals surface area contributed by atoms with Crippen LogP contribution in [0.4, 0.5) is 0 Å². The molecule has 4 rings (SSSR count). The van der Waals surface area contributed by atoms with Crippen LogP contribution < -0.4 is 0 Å². The number of aromatic nitrogens is 3. The molecule has 6 heteroatoms. The average molecular weight is 342 g/mol. The molecule has 0 atom stereocenters. The van der Waals surface area contributed by atoms with Gasteiger partial charge in [-0.15, -0.1) is 0 Å². The van der Waals surface area contributed by atoms with Gasteiger partial charge in [0.05, 0.1) is 38.4 Å². The van der Waals surface area contributed by atoms with Crippen molar-refractivity contribution in [3.8, 4) is 11.4 Å². The van der Waals surface area contributed by atoms with Crippen LogP contribution in [0.25, 0.3) is 11.4 Å². The smallest absolute Gasteiger partial charge is 0.181 e. The third kappa shape index (κ3) is 3.76. The fourth-order valence-electron chi connectivity index (χ4n) is 3.60. The predicted molar refractivity (Wildman–Crippen MR) is 95.6 cm³/mol. The summed E-state index contributed by atoms with van der Waals surface area (Å²) in [5.41, 5.74) is 1.06. The number of hydrogen-bond donors (Lipinski definition) is 0. The molecule has 0 amide bonds. The average Bonchev–Trinajstić information content (AvgIpc) is 2.91. The molecule has 134 valence electrons. The minimum Gasteiger partial charge on any atom is -0.378 e. The van der Waals surface area contributed by atoms with Crippen LogP contribution >= 0.6 is 0 Å². The molecule has 2 aromatic rings. The maximum Gasteiger partial charge on any atom is 0.181 e. The lowest BCUT2D eigenvalue weighted by Gasteiger charge is -2.30. The lowest BCUT2D eigenvalue weighted by molar-refractivity contribution is 0.103. The van der Waals surface area contributed by atoms with Crippen LogP contribution in [0.3, 0.4) is 0 Å². The fourth-order valence-corrected chi connectivity index (χ4v) is 3.60. The molecule has 0 saturated carbocycles. The molecule has 0 aliphatic carbocycles. The van der Waals surface area contributed by atoms with Gasteiger partial charge in [0, 0.05) is 5.56 Å². The number of ether oxygens (including phenoxy) is 2. The molecule has 0 spiro atoms. The Balaban J connectivity index is 1.68. The summed E-state index contributed by atoms with van der Waals surface area (Å²) in [4.78, 5) is 7.30. The number of piperidine rings is 1. The zero-order chi connectivity index (χ0) is 17.1. The first-order valence-electron chi connectivity index (χ1n) is 9.17. The fraction of sp³-hybridized carbons (Fsp3) is 0.579. The molecule has 0 radical (unpaired) electrons. The second-order valence-corrected chi connectivity index (χ2v) is 6.99. The van der Waals surface area contributed by atoms with E-state index in [2.05, 4.69) is 28.8 Å². The Morgan fingerprint density at radius 2 is 1.68 bits per heavy atom.